The molecule has 2 aliphatic carbocycles. The quantitative estimate of drug-likeness (QED) is 0.356. The number of imidazole rings is 1. The van der Waals surface area contributed by atoms with E-state index < -0.39 is 0 Å². The van der Waals surface area contributed by atoms with Crippen LogP contribution in [0, 0.1) is 0 Å². The van der Waals surface area contributed by atoms with Gasteiger partial charge in [0.25, 0.3) is 0 Å². The standard InChI is InChI=1S/C31H44N8O/c1-2-26(21-8-4-3-5-9-21)30(40)38-18-16-24(17-19-38)34-28-27-29(39(20-33-27)25-10-6-7-11-25)37-31(36-28)35-23-14-12-22(32)13-15-23/h3-5,8-9,20,22-26H,2,6-7,10-19,32H2,1H3,(H2,34,35,36,37)/t22-,23-,26?. The third kappa shape index (κ3) is 5.80. The molecule has 214 valence electrons. The Labute approximate surface area is 237 Å². The Hall–Kier alpha value is -3.20. The summed E-state index contributed by atoms with van der Waals surface area (Å²) in [5, 5.41) is 7.35. The zero-order valence-electron chi connectivity index (χ0n) is 23.8. The number of anilines is 2. The summed E-state index contributed by atoms with van der Waals surface area (Å²) in [6.07, 6.45) is 13.6. The minimum Gasteiger partial charge on any atom is -0.365 e. The van der Waals surface area contributed by atoms with E-state index in [1.165, 1.54) is 25.7 Å². The predicted molar refractivity (Wildman–Crippen MR) is 159 cm³/mol. The van der Waals surface area contributed by atoms with Crippen LogP contribution in [0.2, 0.25) is 0 Å². The normalized spacial score (nSPS) is 23.4. The van der Waals surface area contributed by atoms with Crippen LogP contribution >= 0.6 is 0 Å². The molecule has 4 N–H and O–H groups in total. The molecule has 3 aromatic rings. The molecule has 1 saturated heterocycles. The molecule has 6 rings (SSSR count). The number of benzene rings is 1. The van der Waals surface area contributed by atoms with Gasteiger partial charge >= 0.3 is 0 Å². The van der Waals surface area contributed by atoms with Gasteiger partial charge in [-0.1, -0.05) is 50.1 Å². The number of aromatic nitrogens is 4. The third-order valence-corrected chi connectivity index (χ3v) is 9.30. The summed E-state index contributed by atoms with van der Waals surface area (Å²) in [4.78, 5) is 30.2. The zero-order valence-corrected chi connectivity index (χ0v) is 23.8. The lowest BCUT2D eigenvalue weighted by Gasteiger charge is -2.35. The van der Waals surface area contributed by atoms with E-state index in [-0.39, 0.29) is 17.9 Å². The van der Waals surface area contributed by atoms with E-state index in [0.717, 1.165) is 80.6 Å². The maximum Gasteiger partial charge on any atom is 0.230 e. The molecular formula is C31H44N8O. The number of carbonyl (C=O) groups excluding carboxylic acids is 1. The number of amides is 1. The summed E-state index contributed by atoms with van der Waals surface area (Å²) in [6, 6.07) is 11.5. The van der Waals surface area contributed by atoms with Crippen molar-refractivity contribution >= 4 is 28.8 Å². The number of likely N-dealkylation sites (tertiary alicyclic amines) is 1. The Morgan fingerprint density at radius 1 is 0.950 bits per heavy atom. The first-order valence-electron chi connectivity index (χ1n) is 15.5. The molecule has 0 bridgehead atoms. The summed E-state index contributed by atoms with van der Waals surface area (Å²) in [5.41, 5.74) is 9.02. The van der Waals surface area contributed by atoms with Gasteiger partial charge in [0.05, 0.1) is 12.2 Å². The molecule has 1 amide bonds. The predicted octanol–water partition coefficient (Wildman–Crippen LogP) is 5.22. The molecule has 3 fully saturated rings. The van der Waals surface area contributed by atoms with Crippen LogP contribution in [0.4, 0.5) is 11.8 Å². The fraction of sp³-hybridized carbons (Fsp3) is 0.613. The molecular weight excluding hydrogens is 500 g/mol. The molecule has 2 aromatic heterocycles. The van der Waals surface area contributed by atoms with Crippen molar-refractivity contribution in [1.29, 1.82) is 0 Å². The number of rotatable bonds is 8. The van der Waals surface area contributed by atoms with Crippen LogP contribution in [-0.2, 0) is 4.79 Å². The van der Waals surface area contributed by atoms with Crippen molar-refractivity contribution in [2.75, 3.05) is 23.7 Å². The zero-order chi connectivity index (χ0) is 27.5. The summed E-state index contributed by atoms with van der Waals surface area (Å²) in [5.74, 6) is 1.65. The molecule has 40 heavy (non-hydrogen) atoms. The number of nitrogens with one attached hydrogen (secondary N) is 2. The maximum absolute atomic E-state index is 13.4. The Morgan fingerprint density at radius 2 is 1.65 bits per heavy atom. The summed E-state index contributed by atoms with van der Waals surface area (Å²) >= 11 is 0. The van der Waals surface area contributed by atoms with E-state index in [0.29, 0.717) is 24.1 Å². The van der Waals surface area contributed by atoms with E-state index in [2.05, 4.69) is 34.3 Å². The van der Waals surface area contributed by atoms with Crippen LogP contribution in [0.5, 0.6) is 0 Å². The lowest BCUT2D eigenvalue weighted by molar-refractivity contribution is -0.133. The maximum atomic E-state index is 13.4. The highest BCUT2D eigenvalue weighted by molar-refractivity contribution is 5.85. The number of nitrogens with two attached hydrogens (primary N) is 1. The van der Waals surface area contributed by atoms with Crippen molar-refractivity contribution in [2.45, 2.75) is 108 Å². The summed E-state index contributed by atoms with van der Waals surface area (Å²) in [6.45, 7) is 3.60. The number of carbonyl (C=O) groups is 1. The smallest absolute Gasteiger partial charge is 0.230 e. The van der Waals surface area contributed by atoms with E-state index in [1.54, 1.807) is 0 Å². The van der Waals surface area contributed by atoms with Gasteiger partial charge in [-0.25, -0.2) is 4.98 Å². The van der Waals surface area contributed by atoms with Crippen molar-refractivity contribution in [3.05, 3.63) is 42.2 Å². The van der Waals surface area contributed by atoms with Crippen LogP contribution in [0.25, 0.3) is 11.2 Å². The SMILES string of the molecule is CCC(C(=O)N1CCC(Nc2nc(N[C@H]3CC[C@H](N)CC3)nc3c2ncn3C2CCCC2)CC1)c1ccccc1. The summed E-state index contributed by atoms with van der Waals surface area (Å²) in [7, 11) is 0. The molecule has 1 unspecified atom stereocenters. The van der Waals surface area contributed by atoms with Gasteiger partial charge in [-0.05, 0) is 63.4 Å². The molecule has 2 saturated carbocycles. The number of hydrogen-bond acceptors (Lipinski definition) is 7. The van der Waals surface area contributed by atoms with Crippen LogP contribution < -0.4 is 16.4 Å². The second kappa shape index (κ2) is 12.1. The van der Waals surface area contributed by atoms with Gasteiger partial charge in [0.1, 0.15) is 0 Å². The van der Waals surface area contributed by atoms with Gasteiger partial charge in [0, 0.05) is 37.3 Å². The largest absolute Gasteiger partial charge is 0.365 e. The minimum absolute atomic E-state index is 0.0743. The van der Waals surface area contributed by atoms with Crippen LogP contribution in [0.3, 0.4) is 0 Å². The molecule has 9 nitrogen and oxygen atoms in total. The van der Waals surface area contributed by atoms with Gasteiger partial charge in [0.15, 0.2) is 17.0 Å². The Kier molecular flexibility index (Phi) is 8.18. The third-order valence-electron chi connectivity index (χ3n) is 9.30. The fourth-order valence-electron chi connectivity index (χ4n) is 6.87. The van der Waals surface area contributed by atoms with Gasteiger partial charge in [0.2, 0.25) is 11.9 Å². The average molecular weight is 545 g/mol. The van der Waals surface area contributed by atoms with Gasteiger partial charge in [-0.3, -0.25) is 4.79 Å². The first-order chi connectivity index (χ1) is 19.6. The number of nitrogens with zero attached hydrogens (tertiary/aromatic N) is 5. The Morgan fingerprint density at radius 3 is 2.35 bits per heavy atom. The second-order valence-corrected chi connectivity index (χ2v) is 12.0. The molecule has 9 heteroatoms. The van der Waals surface area contributed by atoms with Crippen molar-refractivity contribution in [3.8, 4) is 0 Å². The monoisotopic (exact) mass is 544 g/mol. The van der Waals surface area contributed by atoms with Crippen LogP contribution in [-0.4, -0.2) is 61.5 Å². The van der Waals surface area contributed by atoms with Crippen molar-refractivity contribution < 1.29 is 4.79 Å². The van der Waals surface area contributed by atoms with E-state index >= 15 is 0 Å². The van der Waals surface area contributed by atoms with Crippen molar-refractivity contribution in [2.24, 2.45) is 5.73 Å². The lowest BCUT2D eigenvalue weighted by Crippen LogP contribution is -2.44. The Bertz CT molecular complexity index is 1270. The average Bonchev–Trinajstić information content (AvgIpc) is 3.66. The fourth-order valence-corrected chi connectivity index (χ4v) is 6.87. The lowest BCUT2D eigenvalue weighted by atomic mass is 9.92. The first kappa shape index (κ1) is 27.0. The molecule has 0 spiro atoms. The highest BCUT2D eigenvalue weighted by Gasteiger charge is 2.30. The van der Waals surface area contributed by atoms with E-state index in [1.807, 2.05) is 29.4 Å². The van der Waals surface area contributed by atoms with Crippen LogP contribution in [0.15, 0.2) is 36.7 Å². The number of piperidine rings is 1. The Balaban J connectivity index is 1.17. The van der Waals surface area contributed by atoms with Crippen molar-refractivity contribution in [3.63, 3.8) is 0 Å². The highest BCUT2D eigenvalue weighted by Crippen LogP contribution is 2.34. The minimum atomic E-state index is -0.0743. The van der Waals surface area contributed by atoms with Gasteiger partial charge < -0.3 is 25.8 Å². The highest BCUT2D eigenvalue weighted by atomic mass is 16.2. The molecule has 3 heterocycles. The second-order valence-electron chi connectivity index (χ2n) is 12.0. The van der Waals surface area contributed by atoms with E-state index in [9.17, 15) is 4.79 Å². The first-order valence-corrected chi connectivity index (χ1v) is 15.5. The topological polar surface area (TPSA) is 114 Å². The molecule has 1 aromatic carbocycles. The van der Waals surface area contributed by atoms with Gasteiger partial charge in [-0.15, -0.1) is 0 Å². The molecule has 0 radical (unpaired) electrons. The van der Waals surface area contributed by atoms with Crippen molar-refractivity contribution in [1.82, 2.24) is 24.4 Å². The number of fused-ring (bicyclic) bond motifs is 1. The van der Waals surface area contributed by atoms with E-state index in [4.69, 9.17) is 20.7 Å². The number of hydrogen-bond donors (Lipinski definition) is 3. The molecule has 1 atom stereocenters. The molecule has 3 aliphatic rings. The molecule has 1 aliphatic heterocycles. The van der Waals surface area contributed by atoms with Gasteiger partial charge in [-0.2, -0.15) is 9.97 Å². The van der Waals surface area contributed by atoms with Crippen LogP contribution in [0.1, 0.15) is 95.1 Å². The summed E-state index contributed by atoms with van der Waals surface area (Å²) < 4.78 is 2.27.